The molecule has 7 heteroatoms. The van der Waals surface area contributed by atoms with Crippen molar-refractivity contribution in [3.05, 3.63) is 0 Å². The molecule has 1 aliphatic rings. The van der Waals surface area contributed by atoms with E-state index in [9.17, 15) is 14.4 Å². The summed E-state index contributed by atoms with van der Waals surface area (Å²) in [4.78, 5) is 32.9. The quantitative estimate of drug-likeness (QED) is 0.529. The van der Waals surface area contributed by atoms with Crippen LogP contribution in [0.4, 0.5) is 0 Å². The number of amides is 2. The van der Waals surface area contributed by atoms with Crippen LogP contribution in [-0.4, -0.2) is 42.1 Å². The summed E-state index contributed by atoms with van der Waals surface area (Å²) < 4.78 is 5.00. The Bertz CT molecular complexity index is 298. The first kappa shape index (κ1) is 12.4. The molecular formula is C9H14N2O5. The second-order valence-corrected chi connectivity index (χ2v) is 3.63. The maximum Gasteiger partial charge on any atom is 0.326 e. The van der Waals surface area contributed by atoms with E-state index >= 15 is 0 Å². The van der Waals surface area contributed by atoms with Crippen molar-refractivity contribution in [2.45, 2.75) is 18.9 Å². The molecule has 2 amide bonds. The Morgan fingerprint density at radius 1 is 1.50 bits per heavy atom. The second-order valence-electron chi connectivity index (χ2n) is 3.63. The fraction of sp³-hybridized carbons (Fsp3) is 0.667. The van der Waals surface area contributed by atoms with Crippen molar-refractivity contribution in [2.75, 3.05) is 13.2 Å². The van der Waals surface area contributed by atoms with Crippen LogP contribution in [0.3, 0.4) is 0 Å². The molecule has 0 aromatic carbocycles. The van der Waals surface area contributed by atoms with Gasteiger partial charge in [-0.2, -0.15) is 0 Å². The number of carboxylic acid groups (broad SMARTS) is 1. The highest BCUT2D eigenvalue weighted by atomic mass is 16.5. The Labute approximate surface area is 91.9 Å². The summed E-state index contributed by atoms with van der Waals surface area (Å²) in [6.45, 7) is 0.778. The molecule has 1 unspecified atom stereocenters. The van der Waals surface area contributed by atoms with Gasteiger partial charge in [0.05, 0.1) is 18.9 Å². The molecule has 1 fully saturated rings. The number of carbonyl (C=O) groups excluding carboxylic acids is 2. The van der Waals surface area contributed by atoms with Gasteiger partial charge in [0.15, 0.2) is 0 Å². The molecule has 1 heterocycles. The van der Waals surface area contributed by atoms with Crippen molar-refractivity contribution in [1.29, 1.82) is 0 Å². The van der Waals surface area contributed by atoms with Crippen LogP contribution in [0.25, 0.3) is 0 Å². The van der Waals surface area contributed by atoms with Crippen LogP contribution in [0.1, 0.15) is 12.8 Å². The Kier molecular flexibility index (Phi) is 4.24. The molecule has 0 spiro atoms. The van der Waals surface area contributed by atoms with Crippen LogP contribution in [-0.2, 0) is 19.1 Å². The van der Waals surface area contributed by atoms with Crippen LogP contribution >= 0.6 is 0 Å². The highest BCUT2D eigenvalue weighted by Crippen LogP contribution is 2.12. The Morgan fingerprint density at radius 3 is 2.62 bits per heavy atom. The number of nitrogens with two attached hydrogens (primary N) is 1. The first-order chi connectivity index (χ1) is 7.50. The van der Waals surface area contributed by atoms with Crippen LogP contribution in [0, 0.1) is 5.92 Å². The zero-order valence-corrected chi connectivity index (χ0v) is 8.64. The van der Waals surface area contributed by atoms with E-state index in [1.807, 2.05) is 0 Å². The molecule has 2 atom stereocenters. The van der Waals surface area contributed by atoms with Crippen LogP contribution in [0.5, 0.6) is 0 Å². The standard InChI is InChI=1S/C9H14N2O5/c10-7(12)3-6(9(14)15)11-8(13)5-1-2-16-4-5/h5-6H,1-4H2,(H2,10,12)(H,11,13)(H,14,15)/t5?,6-/m0/s1. The Morgan fingerprint density at radius 2 is 2.19 bits per heavy atom. The molecule has 0 aromatic heterocycles. The molecule has 7 nitrogen and oxygen atoms in total. The van der Waals surface area contributed by atoms with Gasteiger partial charge in [-0.15, -0.1) is 0 Å². The number of hydrogen-bond donors (Lipinski definition) is 3. The molecule has 90 valence electrons. The van der Waals surface area contributed by atoms with E-state index in [1.54, 1.807) is 0 Å². The average Bonchev–Trinajstić information content (AvgIpc) is 2.68. The van der Waals surface area contributed by atoms with Crippen LogP contribution < -0.4 is 11.1 Å². The maximum absolute atomic E-state index is 11.5. The molecule has 1 rings (SSSR count). The molecule has 0 aliphatic carbocycles. The average molecular weight is 230 g/mol. The van der Waals surface area contributed by atoms with Crippen LogP contribution in [0.15, 0.2) is 0 Å². The number of carboxylic acids is 1. The summed E-state index contributed by atoms with van der Waals surface area (Å²) >= 11 is 0. The van der Waals surface area contributed by atoms with Crippen molar-refractivity contribution >= 4 is 17.8 Å². The lowest BCUT2D eigenvalue weighted by molar-refractivity contribution is -0.143. The zero-order chi connectivity index (χ0) is 12.1. The number of nitrogens with one attached hydrogen (secondary N) is 1. The largest absolute Gasteiger partial charge is 0.480 e. The predicted octanol–water partition coefficient (Wildman–Crippen LogP) is -1.53. The monoisotopic (exact) mass is 230 g/mol. The van der Waals surface area contributed by atoms with Gasteiger partial charge in [0.2, 0.25) is 11.8 Å². The second kappa shape index (κ2) is 5.45. The number of hydrogen-bond acceptors (Lipinski definition) is 4. The van der Waals surface area contributed by atoms with E-state index in [0.29, 0.717) is 13.0 Å². The summed E-state index contributed by atoms with van der Waals surface area (Å²) in [5.41, 5.74) is 4.88. The summed E-state index contributed by atoms with van der Waals surface area (Å²) in [5.74, 6) is -2.79. The molecule has 0 saturated carbocycles. The van der Waals surface area contributed by atoms with Gasteiger partial charge < -0.3 is 20.9 Å². The van der Waals surface area contributed by atoms with Gasteiger partial charge in [-0.3, -0.25) is 9.59 Å². The molecule has 16 heavy (non-hydrogen) atoms. The summed E-state index contributed by atoms with van der Waals surface area (Å²) in [6.07, 6.45) is 0.156. The number of carbonyl (C=O) groups is 3. The van der Waals surface area contributed by atoms with E-state index in [4.69, 9.17) is 15.6 Å². The highest BCUT2D eigenvalue weighted by molar-refractivity contribution is 5.89. The number of ether oxygens (including phenoxy) is 1. The minimum atomic E-state index is -1.27. The van der Waals surface area contributed by atoms with Crippen molar-refractivity contribution < 1.29 is 24.2 Å². The third-order valence-corrected chi connectivity index (χ3v) is 2.32. The van der Waals surface area contributed by atoms with Crippen LogP contribution in [0.2, 0.25) is 0 Å². The van der Waals surface area contributed by atoms with Crippen molar-refractivity contribution in [3.63, 3.8) is 0 Å². The van der Waals surface area contributed by atoms with E-state index in [2.05, 4.69) is 5.32 Å². The smallest absolute Gasteiger partial charge is 0.326 e. The fourth-order valence-electron chi connectivity index (χ4n) is 1.43. The SMILES string of the molecule is NC(=O)C[C@H](NC(=O)C1CCOC1)C(=O)O. The summed E-state index contributed by atoms with van der Waals surface area (Å²) in [5, 5.41) is 11.0. The normalized spacial score (nSPS) is 21.4. The highest BCUT2D eigenvalue weighted by Gasteiger charge is 2.28. The predicted molar refractivity (Wildman–Crippen MR) is 52.3 cm³/mol. The summed E-state index contributed by atoms with van der Waals surface area (Å²) in [6, 6.07) is -1.26. The molecule has 1 aliphatic heterocycles. The van der Waals surface area contributed by atoms with Crippen molar-refractivity contribution in [1.82, 2.24) is 5.32 Å². The van der Waals surface area contributed by atoms with E-state index in [1.165, 1.54) is 0 Å². The topological polar surface area (TPSA) is 119 Å². The lowest BCUT2D eigenvalue weighted by Crippen LogP contribution is -2.45. The number of aliphatic carboxylic acids is 1. The van der Waals surface area contributed by atoms with Gasteiger partial charge in [-0.25, -0.2) is 4.79 Å². The van der Waals surface area contributed by atoms with Crippen molar-refractivity contribution in [2.24, 2.45) is 11.7 Å². The Hall–Kier alpha value is -1.63. The van der Waals surface area contributed by atoms with Gasteiger partial charge in [0, 0.05) is 6.61 Å². The molecule has 4 N–H and O–H groups in total. The van der Waals surface area contributed by atoms with Gasteiger partial charge in [-0.05, 0) is 6.42 Å². The lowest BCUT2D eigenvalue weighted by Gasteiger charge is -2.15. The third-order valence-electron chi connectivity index (χ3n) is 2.32. The molecule has 1 saturated heterocycles. The van der Waals surface area contributed by atoms with E-state index in [-0.39, 0.29) is 12.5 Å². The lowest BCUT2D eigenvalue weighted by atomic mass is 10.1. The molecule has 0 radical (unpaired) electrons. The number of primary amides is 1. The van der Waals surface area contributed by atoms with E-state index in [0.717, 1.165) is 0 Å². The third kappa shape index (κ3) is 3.50. The molecular weight excluding hydrogens is 216 g/mol. The molecule has 0 aromatic rings. The van der Waals surface area contributed by atoms with Gasteiger partial charge in [0.1, 0.15) is 6.04 Å². The van der Waals surface area contributed by atoms with Crippen molar-refractivity contribution in [3.8, 4) is 0 Å². The first-order valence-electron chi connectivity index (χ1n) is 4.90. The minimum absolute atomic E-state index is 0.286. The van der Waals surface area contributed by atoms with E-state index < -0.39 is 30.2 Å². The zero-order valence-electron chi connectivity index (χ0n) is 8.64. The first-order valence-corrected chi connectivity index (χ1v) is 4.90. The fourth-order valence-corrected chi connectivity index (χ4v) is 1.43. The number of rotatable bonds is 5. The van der Waals surface area contributed by atoms with Gasteiger partial charge in [0.25, 0.3) is 0 Å². The summed E-state index contributed by atoms with van der Waals surface area (Å²) in [7, 11) is 0. The molecule has 0 bridgehead atoms. The van der Waals surface area contributed by atoms with Gasteiger partial charge in [-0.1, -0.05) is 0 Å². The Balaban J connectivity index is 2.50. The maximum atomic E-state index is 11.5. The minimum Gasteiger partial charge on any atom is -0.480 e. The van der Waals surface area contributed by atoms with Gasteiger partial charge >= 0.3 is 5.97 Å².